The summed E-state index contributed by atoms with van der Waals surface area (Å²) in [5.74, 6) is -1.02. The molecular weight excluding hydrogens is 212 g/mol. The number of carboxylic acid groups (broad SMARTS) is 1. The Kier molecular flexibility index (Phi) is 4.07. The maximum absolute atomic E-state index is 11.4. The van der Waals surface area contributed by atoms with Gasteiger partial charge in [0.25, 0.3) is 0 Å². The molecule has 1 rings (SSSR count). The lowest BCUT2D eigenvalue weighted by Crippen LogP contribution is -2.42. The highest BCUT2D eigenvalue weighted by Crippen LogP contribution is 2.12. The van der Waals surface area contributed by atoms with Gasteiger partial charge in [-0.05, 0) is 19.1 Å². The van der Waals surface area contributed by atoms with Gasteiger partial charge in [0.05, 0.1) is 24.8 Å². The molecule has 1 amide bonds. The Bertz CT molecular complexity index is 361. The van der Waals surface area contributed by atoms with Crippen molar-refractivity contribution in [2.24, 2.45) is 5.73 Å². The molecule has 0 fully saturated rings. The van der Waals surface area contributed by atoms with E-state index in [2.05, 4.69) is 5.32 Å². The maximum Gasteiger partial charge on any atom is 0.305 e. The fraction of sp³-hybridized carbons (Fsp3) is 0.400. The highest BCUT2D eigenvalue weighted by molar-refractivity contribution is 5.86. The summed E-state index contributed by atoms with van der Waals surface area (Å²) in [7, 11) is 0. The number of nitrogens with one attached hydrogen (secondary N) is 1. The molecule has 1 aromatic rings. The van der Waals surface area contributed by atoms with Gasteiger partial charge in [0.2, 0.25) is 5.91 Å². The molecule has 0 saturated carbocycles. The van der Waals surface area contributed by atoms with Crippen LogP contribution in [0.2, 0.25) is 0 Å². The summed E-state index contributed by atoms with van der Waals surface area (Å²) < 4.78 is 5.09. The van der Waals surface area contributed by atoms with Crippen molar-refractivity contribution in [3.8, 4) is 0 Å². The second-order valence-electron chi connectivity index (χ2n) is 3.45. The van der Waals surface area contributed by atoms with E-state index >= 15 is 0 Å². The van der Waals surface area contributed by atoms with Crippen LogP contribution in [0, 0.1) is 0 Å². The molecule has 0 aliphatic rings. The zero-order chi connectivity index (χ0) is 12.1. The highest BCUT2D eigenvalue weighted by atomic mass is 16.4. The van der Waals surface area contributed by atoms with E-state index in [9.17, 15) is 9.59 Å². The first-order valence-electron chi connectivity index (χ1n) is 4.82. The standard InChI is InChI=1S/C10H14N2O4/c1-6(8-3-2-4-16-8)12-10(15)7(11)5-9(13)14/h2-4,6-7H,5,11H2,1H3,(H,12,15)(H,13,14)/t6-,7?/m0/s1. The van der Waals surface area contributed by atoms with Gasteiger partial charge in [-0.2, -0.15) is 0 Å². The van der Waals surface area contributed by atoms with Crippen molar-refractivity contribution in [2.75, 3.05) is 0 Å². The summed E-state index contributed by atoms with van der Waals surface area (Å²) in [4.78, 5) is 21.8. The molecule has 88 valence electrons. The Morgan fingerprint density at radius 2 is 2.31 bits per heavy atom. The molecule has 1 aromatic heterocycles. The first kappa shape index (κ1) is 12.3. The van der Waals surface area contributed by atoms with Crippen LogP contribution in [0.1, 0.15) is 25.1 Å². The summed E-state index contributed by atoms with van der Waals surface area (Å²) >= 11 is 0. The van der Waals surface area contributed by atoms with Gasteiger partial charge in [-0.15, -0.1) is 0 Å². The fourth-order valence-corrected chi connectivity index (χ4v) is 1.21. The molecule has 0 saturated heterocycles. The third kappa shape index (κ3) is 3.39. The Labute approximate surface area is 92.4 Å². The van der Waals surface area contributed by atoms with Crippen molar-refractivity contribution in [1.29, 1.82) is 0 Å². The van der Waals surface area contributed by atoms with E-state index in [1.165, 1.54) is 6.26 Å². The Morgan fingerprint density at radius 3 is 2.81 bits per heavy atom. The van der Waals surface area contributed by atoms with Gasteiger partial charge < -0.3 is 20.6 Å². The normalized spacial score (nSPS) is 14.1. The average molecular weight is 226 g/mol. The summed E-state index contributed by atoms with van der Waals surface area (Å²) in [6.45, 7) is 1.73. The van der Waals surface area contributed by atoms with Gasteiger partial charge in [-0.1, -0.05) is 0 Å². The summed E-state index contributed by atoms with van der Waals surface area (Å²) in [5.41, 5.74) is 5.40. The van der Waals surface area contributed by atoms with Crippen LogP contribution < -0.4 is 11.1 Å². The second kappa shape index (κ2) is 5.32. The van der Waals surface area contributed by atoms with E-state index < -0.39 is 24.3 Å². The highest BCUT2D eigenvalue weighted by Gasteiger charge is 2.19. The molecule has 2 atom stereocenters. The first-order chi connectivity index (χ1) is 7.50. The predicted molar refractivity (Wildman–Crippen MR) is 55.5 cm³/mol. The summed E-state index contributed by atoms with van der Waals surface area (Å²) in [5, 5.41) is 11.0. The van der Waals surface area contributed by atoms with E-state index in [4.69, 9.17) is 15.3 Å². The van der Waals surface area contributed by atoms with E-state index in [1.54, 1.807) is 19.1 Å². The van der Waals surface area contributed by atoms with Gasteiger partial charge in [-0.3, -0.25) is 9.59 Å². The third-order valence-corrected chi connectivity index (χ3v) is 2.06. The molecule has 0 aliphatic heterocycles. The maximum atomic E-state index is 11.4. The predicted octanol–water partition coefficient (Wildman–Crippen LogP) is 0.259. The van der Waals surface area contributed by atoms with Crippen molar-refractivity contribution >= 4 is 11.9 Å². The second-order valence-corrected chi connectivity index (χ2v) is 3.45. The molecular formula is C10H14N2O4. The lowest BCUT2D eigenvalue weighted by molar-refractivity contribution is -0.139. The average Bonchev–Trinajstić information content (AvgIpc) is 2.68. The number of carbonyl (C=O) groups is 2. The molecule has 6 heteroatoms. The summed E-state index contributed by atoms with van der Waals surface area (Å²) in [6, 6.07) is 2.04. The van der Waals surface area contributed by atoms with E-state index in [0.29, 0.717) is 5.76 Å². The smallest absolute Gasteiger partial charge is 0.305 e. The molecule has 0 aliphatic carbocycles. The monoisotopic (exact) mass is 226 g/mol. The van der Waals surface area contributed by atoms with Crippen molar-refractivity contribution in [3.05, 3.63) is 24.2 Å². The van der Waals surface area contributed by atoms with E-state index in [0.717, 1.165) is 0 Å². The van der Waals surface area contributed by atoms with Gasteiger partial charge >= 0.3 is 5.97 Å². The van der Waals surface area contributed by atoms with Crippen molar-refractivity contribution < 1.29 is 19.1 Å². The van der Waals surface area contributed by atoms with Crippen LogP contribution in [0.3, 0.4) is 0 Å². The Hall–Kier alpha value is -1.82. The first-order valence-corrected chi connectivity index (χ1v) is 4.82. The molecule has 0 bridgehead atoms. The SMILES string of the molecule is C[C@H](NC(=O)C(N)CC(=O)O)c1ccco1. The third-order valence-electron chi connectivity index (χ3n) is 2.06. The lowest BCUT2D eigenvalue weighted by Gasteiger charge is -2.14. The van der Waals surface area contributed by atoms with Crippen LogP contribution in [0.15, 0.2) is 22.8 Å². The Morgan fingerprint density at radius 1 is 1.62 bits per heavy atom. The lowest BCUT2D eigenvalue weighted by atomic mass is 10.2. The molecule has 0 radical (unpaired) electrons. The number of aliphatic carboxylic acids is 1. The molecule has 1 unspecified atom stereocenters. The van der Waals surface area contributed by atoms with Crippen LogP contribution in [-0.2, 0) is 9.59 Å². The number of rotatable bonds is 5. The van der Waals surface area contributed by atoms with Gasteiger partial charge in [-0.25, -0.2) is 0 Å². The van der Waals surface area contributed by atoms with Gasteiger partial charge in [0.15, 0.2) is 0 Å². The van der Waals surface area contributed by atoms with E-state index in [1.807, 2.05) is 0 Å². The number of furan rings is 1. The number of hydrogen-bond donors (Lipinski definition) is 3. The molecule has 6 nitrogen and oxygen atoms in total. The minimum absolute atomic E-state index is 0.331. The van der Waals surface area contributed by atoms with Crippen LogP contribution in [0.25, 0.3) is 0 Å². The van der Waals surface area contributed by atoms with Crippen molar-refractivity contribution in [2.45, 2.75) is 25.4 Å². The number of amides is 1. The van der Waals surface area contributed by atoms with Gasteiger partial charge in [0.1, 0.15) is 5.76 Å². The minimum atomic E-state index is -1.10. The van der Waals surface area contributed by atoms with Gasteiger partial charge in [0, 0.05) is 0 Å². The largest absolute Gasteiger partial charge is 0.481 e. The molecule has 1 heterocycles. The number of hydrogen-bond acceptors (Lipinski definition) is 4. The Balaban J connectivity index is 2.48. The van der Waals surface area contributed by atoms with Crippen LogP contribution in [0.5, 0.6) is 0 Å². The number of carboxylic acids is 1. The summed E-state index contributed by atoms with van der Waals surface area (Å²) in [6.07, 6.45) is 1.10. The minimum Gasteiger partial charge on any atom is -0.481 e. The van der Waals surface area contributed by atoms with Crippen LogP contribution in [0.4, 0.5) is 0 Å². The zero-order valence-corrected chi connectivity index (χ0v) is 8.84. The quantitative estimate of drug-likeness (QED) is 0.667. The van der Waals surface area contributed by atoms with E-state index in [-0.39, 0.29) is 6.04 Å². The fourth-order valence-electron chi connectivity index (χ4n) is 1.21. The van der Waals surface area contributed by atoms with Crippen LogP contribution >= 0.6 is 0 Å². The van der Waals surface area contributed by atoms with Crippen molar-refractivity contribution in [3.63, 3.8) is 0 Å². The molecule has 16 heavy (non-hydrogen) atoms. The number of nitrogens with two attached hydrogens (primary N) is 1. The molecule has 4 N–H and O–H groups in total. The van der Waals surface area contributed by atoms with Crippen molar-refractivity contribution in [1.82, 2.24) is 5.32 Å². The molecule has 0 spiro atoms. The number of carbonyl (C=O) groups excluding carboxylic acids is 1. The topological polar surface area (TPSA) is 106 Å². The molecule has 0 aromatic carbocycles. The zero-order valence-electron chi connectivity index (χ0n) is 8.84. The van der Waals surface area contributed by atoms with Crippen LogP contribution in [-0.4, -0.2) is 23.0 Å².